The Bertz CT molecular complexity index is 1270. The zero-order valence-electron chi connectivity index (χ0n) is 14.6. The van der Waals surface area contributed by atoms with Crippen LogP contribution >= 0.6 is 0 Å². The second-order valence-electron chi connectivity index (χ2n) is 6.02. The van der Waals surface area contributed by atoms with Crippen molar-refractivity contribution in [3.63, 3.8) is 0 Å². The Morgan fingerprint density at radius 3 is 2.46 bits per heavy atom. The van der Waals surface area contributed by atoms with Gasteiger partial charge in [0.25, 0.3) is 5.91 Å². The van der Waals surface area contributed by atoms with Gasteiger partial charge < -0.3 is 5.32 Å². The van der Waals surface area contributed by atoms with Crippen LogP contribution < -0.4 is 5.32 Å². The normalized spacial score (nSPS) is 11.3. The van der Waals surface area contributed by atoms with Crippen molar-refractivity contribution in [1.82, 2.24) is 9.97 Å². The summed E-state index contributed by atoms with van der Waals surface area (Å²) in [5.74, 6) is -0.546. The Hall–Kier alpha value is -3.58. The van der Waals surface area contributed by atoms with Crippen LogP contribution in [0, 0.1) is 0 Å². The lowest BCUT2D eigenvalue weighted by atomic mass is 10.2. The van der Waals surface area contributed by atoms with Gasteiger partial charge in [0.1, 0.15) is 4.90 Å². The van der Waals surface area contributed by atoms with Crippen molar-refractivity contribution < 1.29 is 13.2 Å². The molecule has 2 aromatic heterocycles. The third-order valence-corrected chi connectivity index (χ3v) is 6.05. The van der Waals surface area contributed by atoms with Gasteiger partial charge in [-0.15, -0.1) is 0 Å². The zero-order valence-corrected chi connectivity index (χ0v) is 15.4. The predicted octanol–water partition coefficient (Wildman–Crippen LogP) is 3.71. The van der Waals surface area contributed by atoms with E-state index in [2.05, 4.69) is 15.3 Å². The summed E-state index contributed by atoms with van der Waals surface area (Å²) in [4.78, 5) is 21.1. The van der Waals surface area contributed by atoms with Crippen LogP contribution in [0.15, 0.2) is 95.1 Å². The molecule has 4 aromatic rings. The highest BCUT2D eigenvalue weighted by atomic mass is 32.2. The number of fused-ring (bicyclic) bond motifs is 1. The Balaban J connectivity index is 1.76. The van der Waals surface area contributed by atoms with Crippen molar-refractivity contribution in [3.8, 4) is 0 Å². The lowest BCUT2D eigenvalue weighted by molar-refractivity contribution is 0.102. The maximum atomic E-state index is 13.0. The number of carbonyl (C=O) groups is 1. The second kappa shape index (κ2) is 7.21. The first-order valence-corrected chi connectivity index (χ1v) is 9.95. The number of hydrogen-bond donors (Lipinski definition) is 1. The average molecular weight is 389 g/mol. The topological polar surface area (TPSA) is 89.0 Å². The van der Waals surface area contributed by atoms with Crippen LogP contribution in [-0.4, -0.2) is 24.3 Å². The van der Waals surface area contributed by atoms with Crippen LogP contribution in [0.25, 0.3) is 10.9 Å². The number of amides is 1. The molecular weight excluding hydrogens is 374 g/mol. The minimum atomic E-state index is -3.89. The number of aromatic nitrogens is 2. The number of carbonyl (C=O) groups excluding carboxylic acids is 1. The molecule has 0 aliphatic rings. The molecule has 0 spiro atoms. The summed E-state index contributed by atoms with van der Waals surface area (Å²) >= 11 is 0. The van der Waals surface area contributed by atoms with Crippen molar-refractivity contribution >= 4 is 32.3 Å². The van der Waals surface area contributed by atoms with Gasteiger partial charge in [0.05, 0.1) is 21.7 Å². The number of para-hydroxylation sites is 1. The van der Waals surface area contributed by atoms with E-state index in [0.717, 1.165) is 5.39 Å². The summed E-state index contributed by atoms with van der Waals surface area (Å²) in [5, 5.41) is 3.64. The predicted molar refractivity (Wildman–Crippen MR) is 106 cm³/mol. The minimum absolute atomic E-state index is 0.0202. The highest BCUT2D eigenvalue weighted by Gasteiger charge is 2.25. The fourth-order valence-electron chi connectivity index (χ4n) is 2.90. The SMILES string of the molecule is O=C(Nc1cccc2cccnc12)c1ccncc1S(=O)(=O)c1ccccc1. The Kier molecular flexibility index (Phi) is 4.58. The number of sulfone groups is 1. The van der Waals surface area contributed by atoms with E-state index < -0.39 is 15.7 Å². The highest BCUT2D eigenvalue weighted by molar-refractivity contribution is 7.91. The smallest absolute Gasteiger partial charge is 0.257 e. The highest BCUT2D eigenvalue weighted by Crippen LogP contribution is 2.25. The van der Waals surface area contributed by atoms with Crippen LogP contribution in [0.5, 0.6) is 0 Å². The monoisotopic (exact) mass is 389 g/mol. The van der Waals surface area contributed by atoms with Crippen LogP contribution in [-0.2, 0) is 9.84 Å². The number of nitrogens with one attached hydrogen (secondary N) is 1. The quantitative estimate of drug-likeness (QED) is 0.575. The molecule has 0 aliphatic carbocycles. The van der Waals surface area contributed by atoms with E-state index in [0.29, 0.717) is 11.2 Å². The van der Waals surface area contributed by atoms with E-state index in [1.54, 1.807) is 42.6 Å². The van der Waals surface area contributed by atoms with E-state index >= 15 is 0 Å². The molecule has 0 unspecified atom stereocenters. The molecule has 0 saturated carbocycles. The minimum Gasteiger partial charge on any atom is -0.320 e. The van der Waals surface area contributed by atoms with Gasteiger partial charge in [0, 0.05) is 24.0 Å². The molecule has 2 heterocycles. The zero-order chi connectivity index (χ0) is 19.6. The fraction of sp³-hybridized carbons (Fsp3) is 0. The molecule has 0 aliphatic heterocycles. The van der Waals surface area contributed by atoms with Gasteiger partial charge in [-0.3, -0.25) is 14.8 Å². The first kappa shape index (κ1) is 17.8. The number of benzene rings is 2. The van der Waals surface area contributed by atoms with Crippen molar-refractivity contribution in [2.24, 2.45) is 0 Å². The summed E-state index contributed by atoms with van der Waals surface area (Å²) in [6.07, 6.45) is 4.22. The van der Waals surface area contributed by atoms with Gasteiger partial charge >= 0.3 is 0 Å². The van der Waals surface area contributed by atoms with Gasteiger partial charge in [0.2, 0.25) is 9.84 Å². The fourth-order valence-corrected chi connectivity index (χ4v) is 4.32. The molecule has 2 aromatic carbocycles. The summed E-state index contributed by atoms with van der Waals surface area (Å²) in [5.41, 5.74) is 1.15. The molecule has 0 atom stereocenters. The number of nitrogens with zero attached hydrogens (tertiary/aromatic N) is 2. The maximum Gasteiger partial charge on any atom is 0.257 e. The lowest BCUT2D eigenvalue weighted by Gasteiger charge is -2.11. The summed E-state index contributed by atoms with van der Waals surface area (Å²) in [7, 11) is -3.89. The van der Waals surface area contributed by atoms with E-state index in [9.17, 15) is 13.2 Å². The Morgan fingerprint density at radius 2 is 1.64 bits per heavy atom. The van der Waals surface area contributed by atoms with E-state index in [4.69, 9.17) is 0 Å². The van der Waals surface area contributed by atoms with Crippen LogP contribution in [0.1, 0.15) is 10.4 Å². The van der Waals surface area contributed by atoms with Gasteiger partial charge in [-0.05, 0) is 30.3 Å². The third-order valence-electron chi connectivity index (χ3n) is 4.25. The van der Waals surface area contributed by atoms with Gasteiger partial charge in [0.15, 0.2) is 0 Å². The average Bonchev–Trinajstić information content (AvgIpc) is 2.74. The largest absolute Gasteiger partial charge is 0.320 e. The maximum absolute atomic E-state index is 13.0. The molecule has 4 rings (SSSR count). The number of anilines is 1. The van der Waals surface area contributed by atoms with Crippen molar-refractivity contribution in [3.05, 3.63) is 90.9 Å². The number of hydrogen-bond acceptors (Lipinski definition) is 5. The summed E-state index contributed by atoms with van der Waals surface area (Å²) < 4.78 is 26.0. The first-order valence-electron chi connectivity index (χ1n) is 8.46. The first-order chi connectivity index (χ1) is 13.6. The molecule has 1 amide bonds. The molecule has 6 nitrogen and oxygen atoms in total. The second-order valence-corrected chi connectivity index (χ2v) is 7.94. The van der Waals surface area contributed by atoms with Gasteiger partial charge in [-0.1, -0.05) is 36.4 Å². The van der Waals surface area contributed by atoms with Crippen LogP contribution in [0.4, 0.5) is 5.69 Å². The molecule has 0 saturated heterocycles. The van der Waals surface area contributed by atoms with Crippen molar-refractivity contribution in [2.45, 2.75) is 9.79 Å². The molecule has 0 fully saturated rings. The van der Waals surface area contributed by atoms with Gasteiger partial charge in [-0.2, -0.15) is 0 Å². The number of rotatable bonds is 4. The molecule has 28 heavy (non-hydrogen) atoms. The Morgan fingerprint density at radius 1 is 0.857 bits per heavy atom. The standard InChI is InChI=1S/C21H15N3O3S/c25-21(24-18-10-4-6-15-7-5-12-23-20(15)18)17-11-13-22-14-19(17)28(26,27)16-8-2-1-3-9-16/h1-14H,(H,24,25). The van der Waals surface area contributed by atoms with Crippen LogP contribution in [0.2, 0.25) is 0 Å². The molecule has 1 N–H and O–H groups in total. The van der Waals surface area contributed by atoms with E-state index in [-0.39, 0.29) is 15.4 Å². The molecule has 0 bridgehead atoms. The third kappa shape index (κ3) is 3.23. The van der Waals surface area contributed by atoms with Gasteiger partial charge in [-0.25, -0.2) is 8.42 Å². The molecule has 0 radical (unpaired) electrons. The molecule has 7 heteroatoms. The lowest BCUT2D eigenvalue weighted by Crippen LogP contribution is -2.17. The number of pyridine rings is 2. The Labute approximate surface area is 161 Å². The van der Waals surface area contributed by atoms with Crippen LogP contribution in [0.3, 0.4) is 0 Å². The summed E-state index contributed by atoms with van der Waals surface area (Å²) in [6.45, 7) is 0. The molecule has 138 valence electrons. The van der Waals surface area contributed by atoms with Crippen molar-refractivity contribution in [2.75, 3.05) is 5.32 Å². The van der Waals surface area contributed by atoms with Crippen molar-refractivity contribution in [1.29, 1.82) is 0 Å². The van der Waals surface area contributed by atoms with E-state index in [1.165, 1.54) is 30.6 Å². The molecular formula is C21H15N3O3S. The van der Waals surface area contributed by atoms with E-state index in [1.807, 2.05) is 12.1 Å². The summed E-state index contributed by atoms with van der Waals surface area (Å²) in [6, 6.07) is 18.4.